The minimum Gasteiger partial charge on any atom is -0.302 e. The number of ketones is 1. The maximum Gasteiger partial charge on any atom is 0.172 e. The topological polar surface area (TPSA) is 54.5 Å². The lowest BCUT2D eigenvalue weighted by Gasteiger charge is -2.18. The van der Waals surface area contributed by atoms with Gasteiger partial charge in [0, 0.05) is 13.0 Å². The van der Waals surface area contributed by atoms with Gasteiger partial charge in [-0.1, -0.05) is 6.07 Å². The minimum atomic E-state index is -2.84. The van der Waals surface area contributed by atoms with Gasteiger partial charge in [-0.15, -0.1) is 11.3 Å². The van der Waals surface area contributed by atoms with E-state index in [4.69, 9.17) is 0 Å². The number of hydrogen-bond donors (Lipinski definition) is 0. The lowest BCUT2D eigenvalue weighted by atomic mass is 10.2. The maximum atomic E-state index is 11.8. The smallest absolute Gasteiger partial charge is 0.172 e. The Kier molecular flexibility index (Phi) is 5.13. The van der Waals surface area contributed by atoms with Gasteiger partial charge in [0.1, 0.15) is 0 Å². The Bertz CT molecular complexity index is 508. The van der Waals surface area contributed by atoms with Crippen molar-refractivity contribution in [2.24, 2.45) is 0 Å². The number of thiophene rings is 1. The number of sulfone groups is 1. The average molecular weight is 301 g/mol. The van der Waals surface area contributed by atoms with Crippen LogP contribution in [0.2, 0.25) is 0 Å². The van der Waals surface area contributed by atoms with Crippen molar-refractivity contribution in [1.29, 1.82) is 0 Å². The molecule has 2 rings (SSSR count). The fourth-order valence-corrected chi connectivity index (χ4v) is 4.24. The van der Waals surface area contributed by atoms with Crippen molar-refractivity contribution in [2.75, 3.05) is 31.1 Å². The monoisotopic (exact) mass is 301 g/mol. The zero-order valence-electron chi connectivity index (χ0n) is 10.9. The van der Waals surface area contributed by atoms with E-state index >= 15 is 0 Å². The van der Waals surface area contributed by atoms with Crippen LogP contribution in [0.4, 0.5) is 0 Å². The zero-order chi connectivity index (χ0) is 13.7. The van der Waals surface area contributed by atoms with Gasteiger partial charge in [-0.3, -0.25) is 4.79 Å². The van der Waals surface area contributed by atoms with E-state index in [9.17, 15) is 13.2 Å². The van der Waals surface area contributed by atoms with Gasteiger partial charge in [-0.05, 0) is 37.4 Å². The molecule has 0 saturated carbocycles. The summed E-state index contributed by atoms with van der Waals surface area (Å²) >= 11 is 1.48. The van der Waals surface area contributed by atoms with Crippen LogP contribution in [-0.4, -0.2) is 50.2 Å². The number of rotatable bonds is 5. The lowest BCUT2D eigenvalue weighted by Crippen LogP contribution is -2.28. The summed E-state index contributed by atoms with van der Waals surface area (Å²) in [5.41, 5.74) is 0. The number of Topliss-reactive ketones (excluding diaryl/α,β-unsaturated/α-hetero) is 1. The molecular weight excluding hydrogens is 282 g/mol. The minimum absolute atomic E-state index is 0.192. The molecule has 1 fully saturated rings. The number of carbonyl (C=O) groups excluding carboxylic acids is 1. The average Bonchev–Trinajstić information content (AvgIpc) is 2.83. The molecule has 1 aromatic rings. The predicted octanol–water partition coefficient (Wildman–Crippen LogP) is 1.83. The SMILES string of the molecule is O=C(CCCN1CCCS(=O)(=O)CC1)c1cccs1. The molecule has 4 nitrogen and oxygen atoms in total. The van der Waals surface area contributed by atoms with Crippen LogP contribution in [0.3, 0.4) is 0 Å². The van der Waals surface area contributed by atoms with E-state index in [2.05, 4.69) is 4.90 Å². The second-order valence-corrected chi connectivity index (χ2v) is 8.10. The molecule has 6 heteroatoms. The summed E-state index contributed by atoms with van der Waals surface area (Å²) in [4.78, 5) is 14.8. The van der Waals surface area contributed by atoms with Crippen LogP contribution in [0.15, 0.2) is 17.5 Å². The first kappa shape index (κ1) is 14.7. The van der Waals surface area contributed by atoms with Gasteiger partial charge >= 0.3 is 0 Å². The van der Waals surface area contributed by atoms with Gasteiger partial charge in [-0.25, -0.2) is 8.42 Å². The highest BCUT2D eigenvalue weighted by molar-refractivity contribution is 7.91. The van der Waals surface area contributed by atoms with Gasteiger partial charge in [0.25, 0.3) is 0 Å². The van der Waals surface area contributed by atoms with Gasteiger partial charge in [-0.2, -0.15) is 0 Å². The summed E-state index contributed by atoms with van der Waals surface area (Å²) in [6, 6.07) is 3.74. The van der Waals surface area contributed by atoms with Crippen molar-refractivity contribution < 1.29 is 13.2 Å². The standard InChI is InChI=1S/C13H19NO3S2/c15-12(13-5-2-9-18-13)4-1-6-14-7-3-10-19(16,17)11-8-14/h2,5,9H,1,3-4,6-8,10-11H2. The molecule has 1 saturated heterocycles. The molecule has 0 aliphatic carbocycles. The molecule has 1 aliphatic rings. The molecule has 19 heavy (non-hydrogen) atoms. The van der Waals surface area contributed by atoms with Crippen molar-refractivity contribution in [3.8, 4) is 0 Å². The van der Waals surface area contributed by atoms with Gasteiger partial charge in [0.2, 0.25) is 0 Å². The Balaban J connectivity index is 1.72. The highest BCUT2D eigenvalue weighted by Crippen LogP contribution is 2.13. The van der Waals surface area contributed by atoms with E-state index in [0.29, 0.717) is 25.1 Å². The van der Waals surface area contributed by atoms with Crippen molar-refractivity contribution in [3.05, 3.63) is 22.4 Å². The van der Waals surface area contributed by atoms with E-state index in [1.807, 2.05) is 17.5 Å². The van der Waals surface area contributed by atoms with Crippen molar-refractivity contribution in [1.82, 2.24) is 4.90 Å². The quantitative estimate of drug-likeness (QED) is 0.779. The normalized spacial score (nSPS) is 20.0. The molecule has 0 bridgehead atoms. The van der Waals surface area contributed by atoms with Crippen LogP contribution in [0.5, 0.6) is 0 Å². The zero-order valence-corrected chi connectivity index (χ0v) is 12.5. The Labute approximate surface area is 118 Å². The first-order valence-corrected chi connectivity index (χ1v) is 9.26. The molecule has 0 unspecified atom stereocenters. The molecule has 106 valence electrons. The number of carbonyl (C=O) groups is 1. The second-order valence-electron chi connectivity index (χ2n) is 4.85. The molecule has 1 aliphatic heterocycles. The molecule has 0 aromatic carbocycles. The van der Waals surface area contributed by atoms with E-state index in [1.54, 1.807) is 0 Å². The third-order valence-electron chi connectivity index (χ3n) is 3.32. The number of nitrogens with zero attached hydrogens (tertiary/aromatic N) is 1. The first-order chi connectivity index (χ1) is 9.07. The van der Waals surface area contributed by atoms with Crippen molar-refractivity contribution >= 4 is 27.0 Å². The van der Waals surface area contributed by atoms with Gasteiger partial charge in [0.15, 0.2) is 15.6 Å². The Morgan fingerprint density at radius 3 is 2.89 bits per heavy atom. The molecule has 0 amide bonds. The van der Waals surface area contributed by atoms with Gasteiger partial charge in [0.05, 0.1) is 16.4 Å². The largest absolute Gasteiger partial charge is 0.302 e. The first-order valence-electron chi connectivity index (χ1n) is 6.56. The van der Waals surface area contributed by atoms with Crippen LogP contribution >= 0.6 is 11.3 Å². The summed E-state index contributed by atoms with van der Waals surface area (Å²) in [5.74, 6) is 0.751. The van der Waals surface area contributed by atoms with E-state index in [1.165, 1.54) is 11.3 Å². The second kappa shape index (κ2) is 6.63. The Morgan fingerprint density at radius 1 is 1.32 bits per heavy atom. The molecule has 0 spiro atoms. The van der Waals surface area contributed by atoms with E-state index < -0.39 is 9.84 Å². The van der Waals surface area contributed by atoms with Crippen LogP contribution in [0.25, 0.3) is 0 Å². The molecule has 0 radical (unpaired) electrons. The van der Waals surface area contributed by atoms with E-state index in [-0.39, 0.29) is 11.5 Å². The van der Waals surface area contributed by atoms with Crippen LogP contribution in [0, 0.1) is 0 Å². The van der Waals surface area contributed by atoms with Crippen molar-refractivity contribution in [2.45, 2.75) is 19.3 Å². The third-order valence-corrected chi connectivity index (χ3v) is 5.95. The molecule has 2 heterocycles. The summed E-state index contributed by atoms with van der Waals surface area (Å²) in [6.07, 6.45) is 2.06. The molecular formula is C13H19NO3S2. The molecule has 0 atom stereocenters. The highest BCUT2D eigenvalue weighted by Gasteiger charge is 2.18. The van der Waals surface area contributed by atoms with Crippen LogP contribution < -0.4 is 0 Å². The predicted molar refractivity (Wildman–Crippen MR) is 77.6 cm³/mol. The summed E-state index contributed by atoms with van der Waals surface area (Å²) in [6.45, 7) is 2.24. The van der Waals surface area contributed by atoms with E-state index in [0.717, 1.165) is 24.4 Å². The summed E-state index contributed by atoms with van der Waals surface area (Å²) < 4.78 is 22.9. The molecule has 1 aromatic heterocycles. The highest BCUT2D eigenvalue weighted by atomic mass is 32.2. The summed E-state index contributed by atoms with van der Waals surface area (Å²) in [7, 11) is -2.84. The Morgan fingerprint density at radius 2 is 2.16 bits per heavy atom. The number of hydrogen-bond acceptors (Lipinski definition) is 5. The Hall–Kier alpha value is -0.720. The fourth-order valence-electron chi connectivity index (χ4n) is 2.24. The molecule has 0 N–H and O–H groups in total. The summed E-state index contributed by atoms with van der Waals surface area (Å²) in [5, 5.41) is 1.91. The third kappa shape index (κ3) is 4.71. The lowest BCUT2D eigenvalue weighted by molar-refractivity contribution is 0.0979. The van der Waals surface area contributed by atoms with Gasteiger partial charge < -0.3 is 4.90 Å². The van der Waals surface area contributed by atoms with Crippen LogP contribution in [0.1, 0.15) is 28.9 Å². The van der Waals surface area contributed by atoms with Crippen LogP contribution in [-0.2, 0) is 9.84 Å². The fraction of sp³-hybridized carbons (Fsp3) is 0.615. The van der Waals surface area contributed by atoms with Crippen molar-refractivity contribution in [3.63, 3.8) is 0 Å². The maximum absolute atomic E-state index is 11.8.